The molecule has 0 fully saturated rings. The second-order valence-corrected chi connectivity index (χ2v) is 6.64. The Morgan fingerprint density at radius 1 is 1.11 bits per heavy atom. The van der Waals surface area contributed by atoms with Crippen LogP contribution in [-0.2, 0) is 11.2 Å². The van der Waals surface area contributed by atoms with Gasteiger partial charge in [-0.15, -0.1) is 0 Å². The molecule has 8 heteroatoms. The van der Waals surface area contributed by atoms with Gasteiger partial charge in [-0.25, -0.2) is 9.37 Å². The zero-order valence-corrected chi connectivity index (χ0v) is 14.8. The number of rotatable bonds is 7. The minimum Gasteiger partial charge on any atom is -0.441 e. The van der Waals surface area contributed by atoms with Crippen LogP contribution in [0.1, 0.15) is 12.3 Å². The van der Waals surface area contributed by atoms with Gasteiger partial charge >= 0.3 is 0 Å². The molecule has 0 aliphatic heterocycles. The van der Waals surface area contributed by atoms with E-state index in [0.29, 0.717) is 46.0 Å². The number of carbonyl (C=O) groups excluding carboxylic acids is 1. The molecule has 1 heterocycles. The van der Waals surface area contributed by atoms with Gasteiger partial charge in [0.05, 0.1) is 6.20 Å². The molecule has 0 unspecified atom stereocenters. The standard InChI is InChI=1S/C19H15F3N2O2S/c20-13-3-1-12(2-4-13)16-11-23-18(26-16)10-9-17(25)24-14-5-7-15(8-6-14)27-19(21)22/h1-8,11,19H,9-10H2,(H,24,25). The van der Waals surface area contributed by atoms with E-state index < -0.39 is 5.76 Å². The van der Waals surface area contributed by atoms with Gasteiger partial charge in [-0.3, -0.25) is 4.79 Å². The Kier molecular flexibility index (Phi) is 6.18. The number of aromatic nitrogens is 1. The number of hydrogen-bond acceptors (Lipinski definition) is 4. The lowest BCUT2D eigenvalue weighted by Gasteiger charge is -2.05. The van der Waals surface area contributed by atoms with Crippen molar-refractivity contribution < 1.29 is 22.4 Å². The summed E-state index contributed by atoms with van der Waals surface area (Å²) in [6, 6.07) is 12.0. The molecule has 27 heavy (non-hydrogen) atoms. The van der Waals surface area contributed by atoms with Crippen molar-refractivity contribution >= 4 is 23.4 Å². The van der Waals surface area contributed by atoms with Crippen LogP contribution in [0.3, 0.4) is 0 Å². The molecule has 0 spiro atoms. The molecular weight excluding hydrogens is 377 g/mol. The second kappa shape index (κ2) is 8.77. The van der Waals surface area contributed by atoms with Gasteiger partial charge in [0, 0.05) is 29.0 Å². The third kappa shape index (κ3) is 5.62. The number of benzene rings is 2. The number of aryl methyl sites for hydroxylation is 1. The summed E-state index contributed by atoms with van der Waals surface area (Å²) in [4.78, 5) is 16.6. The third-order valence-electron chi connectivity index (χ3n) is 3.61. The maximum Gasteiger partial charge on any atom is 0.288 e. The molecule has 3 aromatic rings. The summed E-state index contributed by atoms with van der Waals surface area (Å²) >= 11 is 0.447. The normalized spacial score (nSPS) is 11.0. The van der Waals surface area contributed by atoms with E-state index in [9.17, 15) is 18.0 Å². The van der Waals surface area contributed by atoms with Crippen LogP contribution in [0.25, 0.3) is 11.3 Å². The molecule has 1 N–H and O–H groups in total. The van der Waals surface area contributed by atoms with Crippen LogP contribution in [0, 0.1) is 5.82 Å². The molecule has 0 aliphatic rings. The lowest BCUT2D eigenvalue weighted by atomic mass is 10.2. The van der Waals surface area contributed by atoms with Gasteiger partial charge in [0.2, 0.25) is 5.91 Å². The fourth-order valence-corrected chi connectivity index (χ4v) is 2.84. The highest BCUT2D eigenvalue weighted by molar-refractivity contribution is 7.99. The first-order valence-electron chi connectivity index (χ1n) is 8.05. The van der Waals surface area contributed by atoms with E-state index in [-0.39, 0.29) is 18.1 Å². The summed E-state index contributed by atoms with van der Waals surface area (Å²) < 4.78 is 43.1. The predicted molar refractivity (Wildman–Crippen MR) is 97.2 cm³/mol. The van der Waals surface area contributed by atoms with Gasteiger partial charge in [0.1, 0.15) is 5.82 Å². The van der Waals surface area contributed by atoms with Crippen LogP contribution in [-0.4, -0.2) is 16.6 Å². The monoisotopic (exact) mass is 392 g/mol. The molecule has 0 radical (unpaired) electrons. The number of halogens is 3. The number of oxazole rings is 1. The number of nitrogens with one attached hydrogen (secondary N) is 1. The fraction of sp³-hybridized carbons (Fsp3) is 0.158. The minimum absolute atomic E-state index is 0.150. The number of amides is 1. The maximum atomic E-state index is 12.9. The Hall–Kier alpha value is -2.74. The van der Waals surface area contributed by atoms with Crippen LogP contribution in [0.5, 0.6) is 0 Å². The molecular formula is C19H15F3N2O2S. The Bertz CT molecular complexity index is 896. The summed E-state index contributed by atoms with van der Waals surface area (Å²) in [6.07, 6.45) is 1.98. The van der Waals surface area contributed by atoms with Crippen molar-refractivity contribution in [1.82, 2.24) is 4.98 Å². The molecule has 3 rings (SSSR count). The lowest BCUT2D eigenvalue weighted by molar-refractivity contribution is -0.116. The van der Waals surface area contributed by atoms with E-state index >= 15 is 0 Å². The van der Waals surface area contributed by atoms with Gasteiger partial charge in [0.15, 0.2) is 11.7 Å². The minimum atomic E-state index is -2.48. The third-order valence-corrected chi connectivity index (χ3v) is 4.33. The Morgan fingerprint density at radius 3 is 2.48 bits per heavy atom. The van der Waals surface area contributed by atoms with E-state index in [0.717, 1.165) is 0 Å². The number of thioether (sulfide) groups is 1. The molecule has 140 valence electrons. The van der Waals surface area contributed by atoms with Crippen molar-refractivity contribution in [3.8, 4) is 11.3 Å². The Morgan fingerprint density at radius 2 is 1.81 bits per heavy atom. The maximum absolute atomic E-state index is 12.9. The Balaban J connectivity index is 1.51. The van der Waals surface area contributed by atoms with Crippen molar-refractivity contribution in [2.24, 2.45) is 0 Å². The van der Waals surface area contributed by atoms with Crippen molar-refractivity contribution in [3.05, 3.63) is 66.4 Å². The smallest absolute Gasteiger partial charge is 0.288 e. The molecule has 0 saturated heterocycles. The average molecular weight is 392 g/mol. The van der Waals surface area contributed by atoms with E-state index in [1.807, 2.05) is 0 Å². The average Bonchev–Trinajstić information content (AvgIpc) is 3.11. The largest absolute Gasteiger partial charge is 0.441 e. The molecule has 0 aliphatic carbocycles. The van der Waals surface area contributed by atoms with Gasteiger partial charge in [-0.1, -0.05) is 11.8 Å². The van der Waals surface area contributed by atoms with Crippen molar-refractivity contribution in [2.45, 2.75) is 23.5 Å². The first-order valence-corrected chi connectivity index (χ1v) is 8.93. The van der Waals surface area contributed by atoms with Crippen LogP contribution in [0.2, 0.25) is 0 Å². The number of hydrogen-bond donors (Lipinski definition) is 1. The number of anilines is 1. The molecule has 1 amide bonds. The summed E-state index contributed by atoms with van der Waals surface area (Å²) in [7, 11) is 0. The summed E-state index contributed by atoms with van der Waals surface area (Å²) in [5, 5.41) is 2.69. The van der Waals surface area contributed by atoms with Crippen LogP contribution in [0.4, 0.5) is 18.9 Å². The predicted octanol–water partition coefficient (Wildman–Crippen LogP) is 5.37. The number of carbonyl (C=O) groups is 1. The summed E-state index contributed by atoms with van der Waals surface area (Å²) in [5.41, 5.74) is 1.22. The molecule has 4 nitrogen and oxygen atoms in total. The molecule has 2 aromatic carbocycles. The summed E-state index contributed by atoms with van der Waals surface area (Å²) in [5.74, 6) is -2.17. The highest BCUT2D eigenvalue weighted by atomic mass is 32.2. The van der Waals surface area contributed by atoms with E-state index in [4.69, 9.17) is 4.42 Å². The zero-order chi connectivity index (χ0) is 19.2. The molecule has 1 aromatic heterocycles. The van der Waals surface area contributed by atoms with Crippen molar-refractivity contribution in [2.75, 3.05) is 5.32 Å². The Labute approximate surface area is 157 Å². The first-order chi connectivity index (χ1) is 13.0. The van der Waals surface area contributed by atoms with Gasteiger partial charge in [-0.05, 0) is 48.5 Å². The van der Waals surface area contributed by atoms with Gasteiger partial charge < -0.3 is 9.73 Å². The van der Waals surface area contributed by atoms with Crippen molar-refractivity contribution in [3.63, 3.8) is 0 Å². The summed E-state index contributed by atoms with van der Waals surface area (Å²) in [6.45, 7) is 0. The van der Waals surface area contributed by atoms with Gasteiger partial charge in [-0.2, -0.15) is 8.78 Å². The van der Waals surface area contributed by atoms with Gasteiger partial charge in [0.25, 0.3) is 5.76 Å². The molecule has 0 saturated carbocycles. The SMILES string of the molecule is O=C(CCc1ncc(-c2ccc(F)cc2)o1)Nc1ccc(SC(F)F)cc1. The fourth-order valence-electron chi connectivity index (χ4n) is 2.34. The lowest BCUT2D eigenvalue weighted by Crippen LogP contribution is -2.12. The van der Waals surface area contributed by atoms with Crippen LogP contribution < -0.4 is 5.32 Å². The second-order valence-electron chi connectivity index (χ2n) is 5.58. The quantitative estimate of drug-likeness (QED) is 0.550. The highest BCUT2D eigenvalue weighted by Gasteiger charge is 2.10. The molecule has 0 atom stereocenters. The molecule has 0 bridgehead atoms. The van der Waals surface area contributed by atoms with Crippen molar-refractivity contribution in [1.29, 1.82) is 0 Å². The highest BCUT2D eigenvalue weighted by Crippen LogP contribution is 2.26. The topological polar surface area (TPSA) is 55.1 Å². The van der Waals surface area contributed by atoms with Crippen LogP contribution in [0.15, 0.2) is 64.0 Å². The van der Waals surface area contributed by atoms with Crippen LogP contribution >= 0.6 is 11.8 Å². The zero-order valence-electron chi connectivity index (χ0n) is 14.0. The van der Waals surface area contributed by atoms with E-state index in [1.165, 1.54) is 30.5 Å². The number of nitrogens with zero attached hydrogens (tertiary/aromatic N) is 1. The number of alkyl halides is 2. The van der Waals surface area contributed by atoms with E-state index in [1.54, 1.807) is 24.3 Å². The van der Waals surface area contributed by atoms with E-state index in [2.05, 4.69) is 10.3 Å². The first kappa shape index (κ1) is 19.0.